The van der Waals surface area contributed by atoms with Gasteiger partial charge in [-0.15, -0.1) is 0 Å². The van der Waals surface area contributed by atoms with Crippen molar-refractivity contribution in [1.82, 2.24) is 0 Å². The maximum Gasteiger partial charge on any atom is 0.312 e. The summed E-state index contributed by atoms with van der Waals surface area (Å²) in [5, 5.41) is 28.7. The number of aromatic hydroxyl groups is 1. The molecule has 0 atom stereocenters. The van der Waals surface area contributed by atoms with Crippen molar-refractivity contribution >= 4 is 21.4 Å². The number of hydrogen-bond donors (Lipinski definition) is 2. The van der Waals surface area contributed by atoms with Gasteiger partial charge in [0.2, 0.25) is 0 Å². The van der Waals surface area contributed by atoms with Crippen LogP contribution in [0.5, 0.6) is 5.75 Å². The number of nitrogens with zero attached hydrogens (tertiary/aromatic N) is 2. The van der Waals surface area contributed by atoms with Crippen LogP contribution in [0.15, 0.2) is 47.4 Å². The SMILES string of the molecule is N#Cc1ccc(NS(=O)(=O)c2ccc(O)c([N+](=O)[O-])c2)cc1. The fourth-order valence-corrected chi connectivity index (χ4v) is 2.72. The lowest BCUT2D eigenvalue weighted by Crippen LogP contribution is -2.13. The van der Waals surface area contributed by atoms with Crippen molar-refractivity contribution in [3.63, 3.8) is 0 Å². The number of rotatable bonds is 4. The first kappa shape index (κ1) is 15.3. The van der Waals surface area contributed by atoms with Crippen LogP contribution >= 0.6 is 0 Å². The highest BCUT2D eigenvalue weighted by Gasteiger charge is 2.21. The number of phenolic OH excluding ortho intramolecular Hbond substituents is 1. The van der Waals surface area contributed by atoms with Crippen LogP contribution in [0.1, 0.15) is 5.56 Å². The second kappa shape index (κ2) is 5.71. The Morgan fingerprint density at radius 2 is 1.82 bits per heavy atom. The molecule has 2 aromatic carbocycles. The van der Waals surface area contributed by atoms with E-state index in [4.69, 9.17) is 5.26 Å². The van der Waals surface area contributed by atoms with Crippen LogP contribution in [0.3, 0.4) is 0 Å². The number of hydrogen-bond acceptors (Lipinski definition) is 6. The van der Waals surface area contributed by atoms with E-state index in [2.05, 4.69) is 4.72 Å². The van der Waals surface area contributed by atoms with Crippen molar-refractivity contribution in [2.24, 2.45) is 0 Å². The minimum absolute atomic E-state index is 0.203. The molecule has 8 nitrogen and oxygen atoms in total. The van der Waals surface area contributed by atoms with E-state index >= 15 is 0 Å². The Bertz CT molecular complexity index is 870. The van der Waals surface area contributed by atoms with E-state index in [0.717, 1.165) is 18.2 Å². The molecule has 2 aromatic rings. The Morgan fingerprint density at radius 1 is 1.18 bits per heavy atom. The first-order valence-electron chi connectivity index (χ1n) is 5.84. The molecular formula is C13H9N3O5S. The molecule has 22 heavy (non-hydrogen) atoms. The monoisotopic (exact) mass is 319 g/mol. The quantitative estimate of drug-likeness (QED) is 0.653. The summed E-state index contributed by atoms with van der Waals surface area (Å²) in [5.41, 5.74) is -0.138. The zero-order valence-electron chi connectivity index (χ0n) is 10.9. The van der Waals surface area contributed by atoms with E-state index in [1.165, 1.54) is 24.3 Å². The first-order valence-corrected chi connectivity index (χ1v) is 7.32. The minimum Gasteiger partial charge on any atom is -0.502 e. The lowest BCUT2D eigenvalue weighted by atomic mass is 10.2. The van der Waals surface area contributed by atoms with E-state index in [1.807, 2.05) is 6.07 Å². The van der Waals surface area contributed by atoms with Gasteiger partial charge in [0.25, 0.3) is 10.0 Å². The molecule has 0 unspecified atom stereocenters. The smallest absolute Gasteiger partial charge is 0.312 e. The van der Waals surface area contributed by atoms with E-state index in [-0.39, 0.29) is 10.6 Å². The van der Waals surface area contributed by atoms with Gasteiger partial charge < -0.3 is 5.11 Å². The molecule has 0 amide bonds. The molecule has 0 saturated heterocycles. The van der Waals surface area contributed by atoms with Crippen molar-refractivity contribution in [2.45, 2.75) is 4.90 Å². The molecule has 0 aromatic heterocycles. The number of benzene rings is 2. The number of nitro benzene ring substituents is 1. The topological polar surface area (TPSA) is 133 Å². The largest absolute Gasteiger partial charge is 0.502 e. The average molecular weight is 319 g/mol. The van der Waals surface area contributed by atoms with Crippen molar-refractivity contribution in [3.05, 3.63) is 58.1 Å². The number of phenols is 1. The maximum absolute atomic E-state index is 12.2. The number of nitriles is 1. The summed E-state index contributed by atoms with van der Waals surface area (Å²) in [6.45, 7) is 0. The second-order valence-electron chi connectivity index (χ2n) is 4.20. The molecule has 2 N–H and O–H groups in total. The molecule has 112 valence electrons. The van der Waals surface area contributed by atoms with Crippen molar-refractivity contribution < 1.29 is 18.4 Å². The molecule has 0 aliphatic heterocycles. The third-order valence-corrected chi connectivity index (χ3v) is 4.10. The van der Waals surface area contributed by atoms with Crippen LogP contribution in [-0.4, -0.2) is 18.4 Å². The Morgan fingerprint density at radius 3 is 2.36 bits per heavy atom. The van der Waals surface area contributed by atoms with Gasteiger partial charge in [-0.3, -0.25) is 14.8 Å². The highest BCUT2D eigenvalue weighted by Crippen LogP contribution is 2.29. The second-order valence-corrected chi connectivity index (χ2v) is 5.88. The van der Waals surface area contributed by atoms with Gasteiger partial charge in [-0.1, -0.05) is 0 Å². The summed E-state index contributed by atoms with van der Waals surface area (Å²) in [4.78, 5) is 9.49. The summed E-state index contributed by atoms with van der Waals surface area (Å²) in [5.74, 6) is -0.623. The molecule has 0 saturated carbocycles. The van der Waals surface area contributed by atoms with Crippen LogP contribution in [0.4, 0.5) is 11.4 Å². The van der Waals surface area contributed by atoms with E-state index < -0.39 is 26.4 Å². The van der Waals surface area contributed by atoms with Gasteiger partial charge >= 0.3 is 5.69 Å². The molecule has 2 rings (SSSR count). The minimum atomic E-state index is -4.05. The highest BCUT2D eigenvalue weighted by molar-refractivity contribution is 7.92. The van der Waals surface area contributed by atoms with Crippen LogP contribution in [-0.2, 0) is 10.0 Å². The van der Waals surface area contributed by atoms with E-state index in [0.29, 0.717) is 5.56 Å². The van der Waals surface area contributed by atoms with Crippen LogP contribution in [0, 0.1) is 21.4 Å². The van der Waals surface area contributed by atoms with Crippen LogP contribution in [0.2, 0.25) is 0 Å². The van der Waals surface area contributed by atoms with Gasteiger partial charge in [0, 0.05) is 11.8 Å². The van der Waals surface area contributed by atoms with Gasteiger partial charge in [0.1, 0.15) is 0 Å². The Hall–Kier alpha value is -3.12. The van der Waals surface area contributed by atoms with Gasteiger partial charge in [0.05, 0.1) is 21.5 Å². The number of nitrogens with one attached hydrogen (secondary N) is 1. The number of anilines is 1. The third kappa shape index (κ3) is 3.13. The standard InChI is InChI=1S/C13H9N3O5S/c14-8-9-1-3-10(4-2-9)15-22(20,21)11-5-6-13(17)12(7-11)16(18)19/h1-7,15,17H. The fourth-order valence-electron chi connectivity index (χ4n) is 1.64. The summed E-state index contributed by atoms with van der Waals surface area (Å²) >= 11 is 0. The summed E-state index contributed by atoms with van der Waals surface area (Å²) < 4.78 is 26.6. The van der Waals surface area contributed by atoms with Crippen molar-refractivity contribution in [1.29, 1.82) is 5.26 Å². The maximum atomic E-state index is 12.2. The summed E-state index contributed by atoms with van der Waals surface area (Å²) in [6, 6.07) is 10.3. The Labute approximate surface area is 125 Å². The zero-order valence-corrected chi connectivity index (χ0v) is 11.7. The number of nitro groups is 1. The summed E-state index contributed by atoms with van der Waals surface area (Å²) in [6.07, 6.45) is 0. The molecule has 0 bridgehead atoms. The zero-order chi connectivity index (χ0) is 16.3. The number of sulfonamides is 1. The van der Waals surface area contributed by atoms with Gasteiger partial charge in [-0.25, -0.2) is 8.42 Å². The molecule has 0 radical (unpaired) electrons. The molecule has 9 heteroatoms. The summed E-state index contributed by atoms with van der Waals surface area (Å²) in [7, 11) is -4.05. The Kier molecular flexibility index (Phi) is 3.96. The molecule has 0 fully saturated rings. The molecule has 0 aliphatic rings. The third-order valence-electron chi connectivity index (χ3n) is 2.72. The van der Waals surface area contributed by atoms with Crippen LogP contribution in [0.25, 0.3) is 0 Å². The normalized spacial score (nSPS) is 10.7. The lowest BCUT2D eigenvalue weighted by Gasteiger charge is -2.08. The molecule has 0 heterocycles. The lowest BCUT2D eigenvalue weighted by molar-refractivity contribution is -0.386. The highest BCUT2D eigenvalue weighted by atomic mass is 32.2. The molecule has 0 aliphatic carbocycles. The average Bonchev–Trinajstić information content (AvgIpc) is 2.47. The predicted molar refractivity (Wildman–Crippen MR) is 76.7 cm³/mol. The van der Waals surface area contributed by atoms with Gasteiger partial charge in [-0.2, -0.15) is 5.26 Å². The van der Waals surface area contributed by atoms with Gasteiger partial charge in [0.15, 0.2) is 5.75 Å². The van der Waals surface area contributed by atoms with Gasteiger partial charge in [-0.05, 0) is 36.4 Å². The van der Waals surface area contributed by atoms with Crippen molar-refractivity contribution in [2.75, 3.05) is 4.72 Å². The molecular weight excluding hydrogens is 310 g/mol. The Balaban J connectivity index is 2.36. The molecule has 0 spiro atoms. The van der Waals surface area contributed by atoms with E-state index in [9.17, 15) is 23.6 Å². The fraction of sp³-hybridized carbons (Fsp3) is 0. The van der Waals surface area contributed by atoms with Crippen molar-refractivity contribution in [3.8, 4) is 11.8 Å². The van der Waals surface area contributed by atoms with Crippen LogP contribution < -0.4 is 4.72 Å². The predicted octanol–water partition coefficient (Wildman–Crippen LogP) is 1.97. The van der Waals surface area contributed by atoms with E-state index in [1.54, 1.807) is 0 Å². The first-order chi connectivity index (χ1) is 10.3.